The normalized spacial score (nSPS) is 17.9. The third-order valence-corrected chi connectivity index (χ3v) is 3.77. The van der Waals surface area contributed by atoms with E-state index in [4.69, 9.17) is 4.74 Å². The van der Waals surface area contributed by atoms with Gasteiger partial charge >= 0.3 is 6.18 Å². The summed E-state index contributed by atoms with van der Waals surface area (Å²) in [5.41, 5.74) is 1.02. The molecule has 8 heteroatoms. The van der Waals surface area contributed by atoms with E-state index < -0.39 is 24.5 Å². The average molecular weight is 344 g/mol. The van der Waals surface area contributed by atoms with Gasteiger partial charge in [0, 0.05) is 19.5 Å². The van der Waals surface area contributed by atoms with Crippen LogP contribution < -0.4 is 10.1 Å². The van der Waals surface area contributed by atoms with Crippen molar-refractivity contribution >= 4 is 11.8 Å². The zero-order valence-corrected chi connectivity index (χ0v) is 13.2. The van der Waals surface area contributed by atoms with Crippen LogP contribution >= 0.6 is 0 Å². The summed E-state index contributed by atoms with van der Waals surface area (Å²) in [7, 11) is 1.57. The SMILES string of the molecule is COc1ccc(CCN2C[C@@H](NC(=O)CC(F)(F)F)CC2=O)cc1. The molecule has 2 rings (SSSR count). The first-order valence-electron chi connectivity index (χ1n) is 7.53. The molecule has 1 fully saturated rings. The molecule has 1 saturated heterocycles. The van der Waals surface area contributed by atoms with E-state index in [1.54, 1.807) is 12.0 Å². The van der Waals surface area contributed by atoms with Gasteiger partial charge in [-0.15, -0.1) is 0 Å². The molecule has 5 nitrogen and oxygen atoms in total. The monoisotopic (exact) mass is 344 g/mol. The summed E-state index contributed by atoms with van der Waals surface area (Å²) in [5.74, 6) is -0.526. The van der Waals surface area contributed by atoms with Gasteiger partial charge in [-0.25, -0.2) is 0 Å². The Morgan fingerprint density at radius 3 is 2.58 bits per heavy atom. The van der Waals surface area contributed by atoms with Crippen LogP contribution in [0.3, 0.4) is 0 Å². The standard InChI is InChI=1S/C16H19F3N2O3/c1-24-13-4-2-11(3-5-13)6-7-21-10-12(8-15(21)23)20-14(22)9-16(17,18)19/h2-5,12H,6-10H2,1H3,(H,20,22)/t12-/m0/s1. The minimum Gasteiger partial charge on any atom is -0.497 e. The predicted octanol–water partition coefficient (Wildman–Crippen LogP) is 1.91. The van der Waals surface area contributed by atoms with Gasteiger partial charge in [0.05, 0.1) is 13.2 Å². The number of nitrogens with zero attached hydrogens (tertiary/aromatic N) is 1. The predicted molar refractivity (Wildman–Crippen MR) is 80.5 cm³/mol. The van der Waals surface area contributed by atoms with Gasteiger partial charge in [-0.2, -0.15) is 13.2 Å². The third kappa shape index (κ3) is 5.43. The Kier molecular flexibility index (Phi) is 5.69. The fraction of sp³-hybridized carbons (Fsp3) is 0.500. The van der Waals surface area contributed by atoms with Crippen molar-refractivity contribution in [2.75, 3.05) is 20.2 Å². The van der Waals surface area contributed by atoms with Gasteiger partial charge in [0.15, 0.2) is 0 Å². The fourth-order valence-corrected chi connectivity index (χ4v) is 2.60. The van der Waals surface area contributed by atoms with Crippen LogP contribution in [0.2, 0.25) is 0 Å². The summed E-state index contributed by atoms with van der Waals surface area (Å²) in [5, 5.41) is 2.27. The van der Waals surface area contributed by atoms with Gasteiger partial charge in [0.1, 0.15) is 12.2 Å². The van der Waals surface area contributed by atoms with Crippen LogP contribution in [0.5, 0.6) is 5.75 Å². The number of hydrogen-bond donors (Lipinski definition) is 1. The molecule has 0 unspecified atom stereocenters. The van der Waals surface area contributed by atoms with E-state index in [1.165, 1.54) is 0 Å². The number of rotatable bonds is 6. The minimum absolute atomic E-state index is 0.0339. The van der Waals surface area contributed by atoms with Gasteiger partial charge in [-0.1, -0.05) is 12.1 Å². The molecule has 1 aliphatic rings. The van der Waals surface area contributed by atoms with E-state index in [0.29, 0.717) is 13.0 Å². The molecule has 0 spiro atoms. The van der Waals surface area contributed by atoms with Gasteiger partial charge in [-0.3, -0.25) is 9.59 Å². The molecule has 1 heterocycles. The number of carbonyl (C=O) groups is 2. The quantitative estimate of drug-likeness (QED) is 0.858. The van der Waals surface area contributed by atoms with Gasteiger partial charge in [0.25, 0.3) is 0 Å². The number of alkyl halides is 3. The summed E-state index contributed by atoms with van der Waals surface area (Å²) < 4.78 is 41.5. The molecule has 0 saturated carbocycles. The Balaban J connectivity index is 1.80. The maximum atomic E-state index is 12.1. The number of amides is 2. The van der Waals surface area contributed by atoms with Crippen molar-refractivity contribution in [3.05, 3.63) is 29.8 Å². The lowest BCUT2D eigenvalue weighted by Crippen LogP contribution is -2.39. The molecule has 2 amide bonds. The van der Waals surface area contributed by atoms with Crippen molar-refractivity contribution in [1.29, 1.82) is 0 Å². The first-order valence-corrected chi connectivity index (χ1v) is 7.53. The zero-order valence-electron chi connectivity index (χ0n) is 13.2. The third-order valence-electron chi connectivity index (χ3n) is 3.77. The van der Waals surface area contributed by atoms with Crippen molar-refractivity contribution in [2.45, 2.75) is 31.5 Å². The maximum absolute atomic E-state index is 12.1. The van der Waals surface area contributed by atoms with Crippen LogP contribution in [-0.2, 0) is 16.0 Å². The smallest absolute Gasteiger partial charge is 0.397 e. The number of carbonyl (C=O) groups excluding carboxylic acids is 2. The van der Waals surface area contributed by atoms with Gasteiger partial charge in [-0.05, 0) is 24.1 Å². The van der Waals surface area contributed by atoms with E-state index in [0.717, 1.165) is 11.3 Å². The molecule has 1 aromatic carbocycles. The fourth-order valence-electron chi connectivity index (χ4n) is 2.60. The van der Waals surface area contributed by atoms with Crippen LogP contribution in [-0.4, -0.2) is 49.1 Å². The summed E-state index contributed by atoms with van der Waals surface area (Å²) in [6.45, 7) is 0.690. The highest BCUT2D eigenvalue weighted by molar-refractivity contribution is 5.82. The molecule has 1 atom stereocenters. The minimum atomic E-state index is -4.54. The lowest BCUT2D eigenvalue weighted by atomic mass is 10.1. The molecule has 0 aromatic heterocycles. The van der Waals surface area contributed by atoms with Gasteiger partial charge in [0.2, 0.25) is 11.8 Å². The van der Waals surface area contributed by atoms with Crippen LogP contribution in [0.25, 0.3) is 0 Å². The number of nitrogens with one attached hydrogen (secondary N) is 1. The second-order valence-corrected chi connectivity index (χ2v) is 5.70. The molecule has 132 valence electrons. The Morgan fingerprint density at radius 2 is 2.00 bits per heavy atom. The molecule has 1 N–H and O–H groups in total. The zero-order chi connectivity index (χ0) is 17.7. The van der Waals surface area contributed by atoms with Gasteiger partial charge < -0.3 is 15.0 Å². The van der Waals surface area contributed by atoms with Crippen molar-refractivity contribution in [3.8, 4) is 5.75 Å². The summed E-state index contributed by atoms with van der Waals surface area (Å²) in [6, 6.07) is 6.86. The van der Waals surface area contributed by atoms with Crippen molar-refractivity contribution < 1.29 is 27.5 Å². The topological polar surface area (TPSA) is 58.6 Å². The molecular weight excluding hydrogens is 325 g/mol. The van der Waals surface area contributed by atoms with E-state index in [2.05, 4.69) is 5.32 Å². The van der Waals surface area contributed by atoms with E-state index >= 15 is 0 Å². The number of ether oxygens (including phenoxy) is 1. The molecule has 0 aliphatic carbocycles. The summed E-state index contributed by atoms with van der Waals surface area (Å²) in [4.78, 5) is 24.8. The highest BCUT2D eigenvalue weighted by Gasteiger charge is 2.35. The molecule has 0 bridgehead atoms. The summed E-state index contributed by atoms with van der Waals surface area (Å²) in [6.07, 6.45) is -5.41. The van der Waals surface area contributed by atoms with Crippen molar-refractivity contribution in [1.82, 2.24) is 10.2 Å². The number of halogens is 3. The Bertz CT molecular complexity index is 587. The van der Waals surface area contributed by atoms with Crippen LogP contribution in [0.1, 0.15) is 18.4 Å². The van der Waals surface area contributed by atoms with Crippen LogP contribution in [0, 0.1) is 0 Å². The molecular formula is C16H19F3N2O3. The Labute approximate surface area is 137 Å². The van der Waals surface area contributed by atoms with E-state index in [9.17, 15) is 22.8 Å². The largest absolute Gasteiger partial charge is 0.497 e. The second kappa shape index (κ2) is 7.55. The number of likely N-dealkylation sites (tertiary alicyclic amines) is 1. The lowest BCUT2D eigenvalue weighted by Gasteiger charge is -2.17. The summed E-state index contributed by atoms with van der Waals surface area (Å²) >= 11 is 0. The number of methoxy groups -OCH3 is 1. The van der Waals surface area contributed by atoms with E-state index in [-0.39, 0.29) is 18.9 Å². The van der Waals surface area contributed by atoms with E-state index in [1.807, 2.05) is 24.3 Å². The Morgan fingerprint density at radius 1 is 1.33 bits per heavy atom. The highest BCUT2D eigenvalue weighted by Crippen LogP contribution is 2.20. The van der Waals surface area contributed by atoms with Crippen LogP contribution in [0.15, 0.2) is 24.3 Å². The first-order chi connectivity index (χ1) is 11.3. The maximum Gasteiger partial charge on any atom is 0.397 e. The van der Waals surface area contributed by atoms with Crippen LogP contribution in [0.4, 0.5) is 13.2 Å². The molecule has 24 heavy (non-hydrogen) atoms. The molecule has 1 aliphatic heterocycles. The lowest BCUT2D eigenvalue weighted by molar-refractivity contribution is -0.154. The second-order valence-electron chi connectivity index (χ2n) is 5.70. The van der Waals surface area contributed by atoms with Crippen molar-refractivity contribution in [3.63, 3.8) is 0 Å². The number of hydrogen-bond acceptors (Lipinski definition) is 3. The average Bonchev–Trinajstić information content (AvgIpc) is 2.83. The Hall–Kier alpha value is -2.25. The van der Waals surface area contributed by atoms with Crippen molar-refractivity contribution in [2.24, 2.45) is 0 Å². The molecule has 1 aromatic rings. The highest BCUT2D eigenvalue weighted by atomic mass is 19.4. The molecule has 0 radical (unpaired) electrons. The first kappa shape index (κ1) is 18.1. The number of benzene rings is 1.